The lowest BCUT2D eigenvalue weighted by Gasteiger charge is -2.33. The van der Waals surface area contributed by atoms with Crippen LogP contribution in [0.15, 0.2) is 67.4 Å². The van der Waals surface area contributed by atoms with E-state index < -0.39 is 17.7 Å². The molecule has 1 aromatic carbocycles. The first-order chi connectivity index (χ1) is 14.3. The number of alkyl halides is 3. The number of ketones is 2. The highest BCUT2D eigenvalue weighted by Crippen LogP contribution is 2.54. The summed E-state index contributed by atoms with van der Waals surface area (Å²) in [4.78, 5) is 27.1. The van der Waals surface area contributed by atoms with Crippen LogP contribution in [0.4, 0.5) is 13.2 Å². The Morgan fingerprint density at radius 1 is 1.17 bits per heavy atom. The van der Waals surface area contributed by atoms with E-state index in [1.807, 2.05) is 6.26 Å². The monoisotopic (exact) mass is 450 g/mol. The van der Waals surface area contributed by atoms with Crippen molar-refractivity contribution in [3.63, 3.8) is 0 Å². The molecule has 1 aliphatic heterocycles. The number of halogens is 3. The van der Waals surface area contributed by atoms with E-state index >= 15 is 0 Å². The predicted octanol–water partition coefficient (Wildman–Crippen LogP) is 6.59. The third-order valence-corrected chi connectivity index (χ3v) is 7.58. The Balaban J connectivity index is 1.88. The Morgan fingerprint density at radius 3 is 2.50 bits per heavy atom. The van der Waals surface area contributed by atoms with Crippen LogP contribution in [0, 0.1) is 0 Å². The van der Waals surface area contributed by atoms with Gasteiger partial charge in [0.2, 0.25) is 5.78 Å². The number of thioether (sulfide) groups is 2. The second-order valence-electron chi connectivity index (χ2n) is 6.98. The number of rotatable bonds is 4. The zero-order valence-corrected chi connectivity index (χ0v) is 17.5. The minimum Gasteiger partial charge on any atom is -0.461 e. The van der Waals surface area contributed by atoms with E-state index in [4.69, 9.17) is 4.42 Å². The Morgan fingerprint density at radius 2 is 1.90 bits per heavy atom. The number of Topliss-reactive ketones (excluding diaryl/α,β-unsaturated/α-hetero) is 2. The van der Waals surface area contributed by atoms with E-state index in [-0.39, 0.29) is 17.3 Å². The van der Waals surface area contributed by atoms with Crippen LogP contribution in [0.2, 0.25) is 0 Å². The van der Waals surface area contributed by atoms with Crippen molar-refractivity contribution in [1.82, 2.24) is 0 Å². The average molecular weight is 451 g/mol. The second-order valence-corrected chi connectivity index (χ2v) is 9.16. The molecule has 0 bridgehead atoms. The molecule has 1 unspecified atom stereocenters. The van der Waals surface area contributed by atoms with Crippen LogP contribution < -0.4 is 0 Å². The van der Waals surface area contributed by atoms with Gasteiger partial charge in [-0.2, -0.15) is 13.2 Å². The van der Waals surface area contributed by atoms with E-state index in [1.165, 1.54) is 41.9 Å². The van der Waals surface area contributed by atoms with Crippen molar-refractivity contribution >= 4 is 35.1 Å². The molecule has 0 N–H and O–H groups in total. The highest BCUT2D eigenvalue weighted by molar-refractivity contribution is 8.23. The molecule has 2 aromatic rings. The summed E-state index contributed by atoms with van der Waals surface area (Å²) in [6.07, 6.45) is 0.596. The van der Waals surface area contributed by atoms with Gasteiger partial charge in [0, 0.05) is 23.5 Å². The molecule has 3 nitrogen and oxygen atoms in total. The molecule has 156 valence electrons. The lowest BCUT2D eigenvalue weighted by molar-refractivity contribution is -0.137. The Bertz CT molecular complexity index is 1050. The lowest BCUT2D eigenvalue weighted by atomic mass is 9.77. The molecule has 0 fully saturated rings. The predicted molar refractivity (Wildman–Crippen MR) is 111 cm³/mol. The molecule has 0 spiro atoms. The third kappa shape index (κ3) is 3.78. The van der Waals surface area contributed by atoms with Gasteiger partial charge >= 0.3 is 6.18 Å². The number of carbonyl (C=O) groups is 2. The van der Waals surface area contributed by atoms with Crippen molar-refractivity contribution < 1.29 is 27.2 Å². The molecule has 1 aliphatic carbocycles. The number of allylic oxidation sites excluding steroid dienone is 3. The molecular weight excluding hydrogens is 433 g/mol. The first-order valence-corrected chi connectivity index (χ1v) is 11.3. The molecule has 0 amide bonds. The van der Waals surface area contributed by atoms with Gasteiger partial charge in [-0.1, -0.05) is 23.9 Å². The largest absolute Gasteiger partial charge is 0.461 e. The Kier molecular flexibility index (Phi) is 5.72. The summed E-state index contributed by atoms with van der Waals surface area (Å²) in [7, 11) is 0. The van der Waals surface area contributed by atoms with Crippen LogP contribution in [0.5, 0.6) is 0 Å². The molecule has 2 heterocycles. The first kappa shape index (κ1) is 21.1. The zero-order chi connectivity index (χ0) is 21.5. The van der Waals surface area contributed by atoms with Gasteiger partial charge in [0.25, 0.3) is 0 Å². The van der Waals surface area contributed by atoms with E-state index in [0.717, 1.165) is 34.1 Å². The first-order valence-electron chi connectivity index (χ1n) is 9.29. The average Bonchev–Trinajstić information content (AvgIpc) is 3.26. The van der Waals surface area contributed by atoms with Crippen LogP contribution in [0.3, 0.4) is 0 Å². The van der Waals surface area contributed by atoms with E-state index in [0.29, 0.717) is 23.1 Å². The van der Waals surface area contributed by atoms with Crippen molar-refractivity contribution in [2.75, 3.05) is 6.26 Å². The van der Waals surface area contributed by atoms with Gasteiger partial charge in [-0.3, -0.25) is 9.59 Å². The maximum atomic E-state index is 13.3. The normalized spacial score (nSPS) is 19.9. The molecule has 8 heteroatoms. The zero-order valence-electron chi connectivity index (χ0n) is 15.9. The highest BCUT2D eigenvalue weighted by Gasteiger charge is 2.41. The van der Waals surface area contributed by atoms with Crippen LogP contribution in [0.25, 0.3) is 0 Å². The molecule has 0 saturated carbocycles. The smallest absolute Gasteiger partial charge is 0.416 e. The van der Waals surface area contributed by atoms with Crippen molar-refractivity contribution in [1.29, 1.82) is 0 Å². The van der Waals surface area contributed by atoms with Crippen LogP contribution >= 0.6 is 23.5 Å². The van der Waals surface area contributed by atoms with E-state index in [9.17, 15) is 22.8 Å². The number of furan rings is 1. The summed E-state index contributed by atoms with van der Waals surface area (Å²) in [5.74, 6) is -0.983. The molecule has 2 aliphatic rings. The summed E-state index contributed by atoms with van der Waals surface area (Å²) >= 11 is 2.81. The second kappa shape index (κ2) is 8.15. The molecular formula is C22H17F3O3S2. The summed E-state index contributed by atoms with van der Waals surface area (Å²) < 4.78 is 45.2. The fraction of sp³-hybridized carbons (Fsp3) is 0.273. The van der Waals surface area contributed by atoms with Crippen molar-refractivity contribution in [2.45, 2.75) is 31.4 Å². The van der Waals surface area contributed by atoms with Gasteiger partial charge in [-0.25, -0.2) is 0 Å². The van der Waals surface area contributed by atoms with Crippen LogP contribution in [-0.2, 0) is 11.0 Å². The fourth-order valence-corrected chi connectivity index (χ4v) is 6.00. The summed E-state index contributed by atoms with van der Waals surface area (Å²) in [6.45, 7) is 0. The molecule has 0 saturated heterocycles. The lowest BCUT2D eigenvalue weighted by Crippen LogP contribution is -2.25. The fourth-order valence-electron chi connectivity index (χ4n) is 3.81. The van der Waals surface area contributed by atoms with Crippen molar-refractivity contribution in [2.24, 2.45) is 0 Å². The molecule has 1 atom stereocenters. The standard InChI is InChI=1S/C22H17F3O3S2/c1-29-21-19(20(27)15-5-3-11-28-15)17(18-14(26)4-2-6-16(18)30-21)12-7-9-13(10-8-12)22(23,24)25/h3,5,7-11,17H,2,4,6H2,1H3. The highest BCUT2D eigenvalue weighted by atomic mass is 32.2. The van der Waals surface area contributed by atoms with Crippen LogP contribution in [0.1, 0.15) is 46.9 Å². The van der Waals surface area contributed by atoms with Crippen molar-refractivity contribution in [3.05, 3.63) is 79.8 Å². The van der Waals surface area contributed by atoms with E-state index in [2.05, 4.69) is 0 Å². The number of hydrogen-bond acceptors (Lipinski definition) is 5. The van der Waals surface area contributed by atoms with E-state index in [1.54, 1.807) is 12.1 Å². The number of carbonyl (C=O) groups excluding carboxylic acids is 2. The van der Waals surface area contributed by atoms with Gasteiger partial charge in [0.15, 0.2) is 11.5 Å². The Hall–Kier alpha value is -2.19. The van der Waals surface area contributed by atoms with Gasteiger partial charge in [-0.15, -0.1) is 11.8 Å². The molecule has 0 radical (unpaired) electrons. The van der Waals surface area contributed by atoms with Gasteiger partial charge in [0.1, 0.15) is 0 Å². The maximum Gasteiger partial charge on any atom is 0.416 e. The molecule has 1 aromatic heterocycles. The summed E-state index contributed by atoms with van der Waals surface area (Å²) in [6, 6.07) is 7.88. The summed E-state index contributed by atoms with van der Waals surface area (Å²) in [5.41, 5.74) is 0.635. The molecule has 30 heavy (non-hydrogen) atoms. The topological polar surface area (TPSA) is 47.3 Å². The Labute approximate surface area is 179 Å². The van der Waals surface area contributed by atoms with Gasteiger partial charge in [0.05, 0.1) is 16.1 Å². The molecule has 4 rings (SSSR count). The van der Waals surface area contributed by atoms with Gasteiger partial charge < -0.3 is 4.42 Å². The quantitative estimate of drug-likeness (QED) is 0.492. The SMILES string of the molecule is CSC1=C(C(=O)c2ccco2)C(c2ccc(C(F)(F)F)cc2)C2=C(CCCC2=O)S1. The van der Waals surface area contributed by atoms with Crippen LogP contribution in [-0.4, -0.2) is 17.8 Å². The van der Waals surface area contributed by atoms with Gasteiger partial charge in [-0.05, 0) is 53.8 Å². The number of hydrogen-bond donors (Lipinski definition) is 0. The third-order valence-electron chi connectivity index (χ3n) is 5.17. The minimum atomic E-state index is -4.46. The minimum absolute atomic E-state index is 0.0569. The summed E-state index contributed by atoms with van der Waals surface area (Å²) in [5, 5.41) is 0. The maximum absolute atomic E-state index is 13.3. The number of benzene rings is 1. The van der Waals surface area contributed by atoms with Crippen molar-refractivity contribution in [3.8, 4) is 0 Å².